The third kappa shape index (κ3) is 3.33. The van der Waals surface area contributed by atoms with Crippen molar-refractivity contribution in [1.29, 1.82) is 0 Å². The summed E-state index contributed by atoms with van der Waals surface area (Å²) in [4.78, 5) is 18.1. The zero-order chi connectivity index (χ0) is 16.1. The van der Waals surface area contributed by atoms with Crippen LogP contribution in [0.3, 0.4) is 0 Å². The van der Waals surface area contributed by atoms with E-state index in [1.54, 1.807) is 24.3 Å². The minimum atomic E-state index is -0.181. The van der Waals surface area contributed by atoms with Gasteiger partial charge in [-0.15, -0.1) is 0 Å². The zero-order valence-electron chi connectivity index (χ0n) is 12.4. The first-order valence-electron chi connectivity index (χ1n) is 7.26. The van der Waals surface area contributed by atoms with Gasteiger partial charge in [0.15, 0.2) is 0 Å². The predicted octanol–water partition coefficient (Wildman–Crippen LogP) is 4.08. The number of hydrogen-bond acceptors (Lipinski definition) is 2. The topological polar surface area (TPSA) is 93.7 Å². The van der Waals surface area contributed by atoms with Crippen LogP contribution in [-0.4, -0.2) is 17.4 Å². The van der Waals surface area contributed by atoms with Crippen molar-refractivity contribution in [2.24, 2.45) is 5.11 Å². The van der Waals surface area contributed by atoms with Crippen LogP contribution in [0.15, 0.2) is 59.8 Å². The number of azide groups is 1. The molecule has 1 amide bonds. The molecule has 114 valence electrons. The number of nitrogens with zero attached hydrogens (tertiary/aromatic N) is 3. The van der Waals surface area contributed by atoms with E-state index in [0.29, 0.717) is 17.8 Å². The van der Waals surface area contributed by atoms with Gasteiger partial charge >= 0.3 is 0 Å². The minimum absolute atomic E-state index is 0.181. The first-order chi connectivity index (χ1) is 11.3. The Balaban J connectivity index is 1.63. The maximum absolute atomic E-state index is 12.1. The molecule has 1 aromatic heterocycles. The van der Waals surface area contributed by atoms with E-state index in [1.165, 1.54) is 10.9 Å². The number of nitrogens with one attached hydrogen (secondary N) is 2. The highest BCUT2D eigenvalue weighted by molar-refractivity contribution is 5.95. The number of hydrogen-bond donors (Lipinski definition) is 2. The summed E-state index contributed by atoms with van der Waals surface area (Å²) in [5, 5.41) is 7.56. The van der Waals surface area contributed by atoms with Gasteiger partial charge in [0, 0.05) is 39.8 Å². The number of aromatic amines is 1. The molecule has 1 heterocycles. The molecule has 6 nitrogen and oxygen atoms in total. The van der Waals surface area contributed by atoms with Crippen molar-refractivity contribution in [3.05, 3.63) is 76.3 Å². The van der Waals surface area contributed by atoms with Crippen molar-refractivity contribution in [2.75, 3.05) is 6.54 Å². The number of H-pyrrole nitrogens is 1. The van der Waals surface area contributed by atoms with Crippen LogP contribution in [0.1, 0.15) is 15.9 Å². The van der Waals surface area contributed by atoms with E-state index in [-0.39, 0.29) is 5.91 Å². The molecule has 3 rings (SSSR count). The lowest BCUT2D eigenvalue weighted by Crippen LogP contribution is -2.25. The number of para-hydroxylation sites is 1. The van der Waals surface area contributed by atoms with Crippen molar-refractivity contribution in [3.8, 4) is 0 Å². The van der Waals surface area contributed by atoms with Gasteiger partial charge in [-0.2, -0.15) is 0 Å². The standard InChI is InChI=1S/C17H15N5O/c18-22-21-14-5-3-4-12(10-14)17(23)19-9-8-13-11-20-16-7-2-1-6-15(13)16/h1-7,10-11,20H,8-9H2,(H,19,23). The second kappa shape index (κ2) is 6.68. The number of benzene rings is 2. The smallest absolute Gasteiger partial charge is 0.251 e. The average Bonchev–Trinajstić information content (AvgIpc) is 2.99. The van der Waals surface area contributed by atoms with Gasteiger partial charge in [-0.25, -0.2) is 0 Å². The summed E-state index contributed by atoms with van der Waals surface area (Å²) >= 11 is 0. The predicted molar refractivity (Wildman–Crippen MR) is 89.6 cm³/mol. The van der Waals surface area contributed by atoms with Gasteiger partial charge in [0.25, 0.3) is 5.91 Å². The second-order valence-corrected chi connectivity index (χ2v) is 5.11. The van der Waals surface area contributed by atoms with E-state index in [1.807, 2.05) is 24.4 Å². The van der Waals surface area contributed by atoms with Crippen molar-refractivity contribution in [2.45, 2.75) is 6.42 Å². The molecule has 0 aliphatic rings. The Morgan fingerprint density at radius 1 is 1.22 bits per heavy atom. The lowest BCUT2D eigenvalue weighted by molar-refractivity contribution is 0.0954. The fourth-order valence-electron chi connectivity index (χ4n) is 2.51. The molecule has 0 spiro atoms. The first-order valence-corrected chi connectivity index (χ1v) is 7.26. The third-order valence-electron chi connectivity index (χ3n) is 3.62. The van der Waals surface area contributed by atoms with E-state index >= 15 is 0 Å². The summed E-state index contributed by atoms with van der Waals surface area (Å²) in [5.41, 5.74) is 11.6. The normalized spacial score (nSPS) is 10.3. The highest BCUT2D eigenvalue weighted by atomic mass is 16.1. The van der Waals surface area contributed by atoms with Gasteiger partial charge in [0.05, 0.1) is 0 Å². The number of amides is 1. The Morgan fingerprint density at radius 3 is 2.96 bits per heavy atom. The molecule has 2 N–H and O–H groups in total. The molecule has 0 aliphatic carbocycles. The summed E-state index contributed by atoms with van der Waals surface area (Å²) in [6, 6.07) is 14.7. The van der Waals surface area contributed by atoms with Crippen LogP contribution < -0.4 is 5.32 Å². The van der Waals surface area contributed by atoms with Crippen LogP contribution in [0.4, 0.5) is 5.69 Å². The Hall–Kier alpha value is -3.24. The third-order valence-corrected chi connectivity index (χ3v) is 3.62. The molecule has 0 aliphatic heterocycles. The van der Waals surface area contributed by atoms with E-state index in [4.69, 9.17) is 5.53 Å². The van der Waals surface area contributed by atoms with Crippen LogP contribution in [0, 0.1) is 0 Å². The highest BCUT2D eigenvalue weighted by Crippen LogP contribution is 2.18. The Kier molecular flexibility index (Phi) is 4.27. The maximum Gasteiger partial charge on any atom is 0.251 e. The van der Waals surface area contributed by atoms with E-state index in [9.17, 15) is 4.79 Å². The van der Waals surface area contributed by atoms with Crippen LogP contribution in [0.2, 0.25) is 0 Å². The largest absolute Gasteiger partial charge is 0.361 e. The van der Waals surface area contributed by atoms with Crippen molar-refractivity contribution in [3.63, 3.8) is 0 Å². The Bertz CT molecular complexity index is 893. The first kappa shape index (κ1) is 14.7. The van der Waals surface area contributed by atoms with Crippen LogP contribution in [-0.2, 0) is 6.42 Å². The second-order valence-electron chi connectivity index (χ2n) is 5.11. The number of aromatic nitrogens is 1. The molecule has 0 radical (unpaired) electrons. The maximum atomic E-state index is 12.1. The van der Waals surface area contributed by atoms with Crippen LogP contribution >= 0.6 is 0 Å². The van der Waals surface area contributed by atoms with Gasteiger partial charge < -0.3 is 10.3 Å². The lowest BCUT2D eigenvalue weighted by Gasteiger charge is -2.05. The van der Waals surface area contributed by atoms with Gasteiger partial charge in [-0.05, 0) is 35.7 Å². The number of fused-ring (bicyclic) bond motifs is 1. The molecule has 0 saturated heterocycles. The highest BCUT2D eigenvalue weighted by Gasteiger charge is 2.07. The van der Waals surface area contributed by atoms with Crippen LogP contribution in [0.5, 0.6) is 0 Å². The Labute approximate surface area is 132 Å². The summed E-state index contributed by atoms with van der Waals surface area (Å²) in [6.07, 6.45) is 2.71. The van der Waals surface area contributed by atoms with Gasteiger partial charge in [-0.3, -0.25) is 4.79 Å². The van der Waals surface area contributed by atoms with Gasteiger partial charge in [-0.1, -0.05) is 35.4 Å². The van der Waals surface area contributed by atoms with Crippen molar-refractivity contribution < 1.29 is 4.79 Å². The van der Waals surface area contributed by atoms with E-state index in [2.05, 4.69) is 26.4 Å². The molecule has 0 atom stereocenters. The summed E-state index contributed by atoms with van der Waals surface area (Å²) in [7, 11) is 0. The van der Waals surface area contributed by atoms with Gasteiger partial charge in [0.1, 0.15) is 0 Å². The SMILES string of the molecule is [N-]=[N+]=Nc1cccc(C(=O)NCCc2c[nH]c3ccccc23)c1. The van der Waals surface area contributed by atoms with Gasteiger partial charge in [0.2, 0.25) is 0 Å². The minimum Gasteiger partial charge on any atom is -0.361 e. The number of carbonyl (C=O) groups excluding carboxylic acids is 1. The molecule has 2 aromatic carbocycles. The van der Waals surface area contributed by atoms with Crippen LogP contribution in [0.25, 0.3) is 21.3 Å². The number of rotatable bonds is 5. The van der Waals surface area contributed by atoms with Crippen molar-refractivity contribution in [1.82, 2.24) is 10.3 Å². The fraction of sp³-hybridized carbons (Fsp3) is 0.118. The molecule has 0 bridgehead atoms. The molecule has 3 aromatic rings. The lowest BCUT2D eigenvalue weighted by atomic mass is 10.1. The molecule has 0 unspecified atom stereocenters. The molecular weight excluding hydrogens is 290 g/mol. The summed E-state index contributed by atoms with van der Waals surface area (Å²) < 4.78 is 0. The fourth-order valence-corrected chi connectivity index (χ4v) is 2.51. The summed E-state index contributed by atoms with van der Waals surface area (Å²) in [6.45, 7) is 0.534. The molecule has 0 fully saturated rings. The Morgan fingerprint density at radius 2 is 2.09 bits per heavy atom. The monoisotopic (exact) mass is 305 g/mol. The van der Waals surface area contributed by atoms with E-state index < -0.39 is 0 Å². The number of carbonyl (C=O) groups is 1. The van der Waals surface area contributed by atoms with Crippen molar-refractivity contribution >= 4 is 22.5 Å². The van der Waals surface area contributed by atoms with E-state index in [0.717, 1.165) is 11.9 Å². The summed E-state index contributed by atoms with van der Waals surface area (Å²) in [5.74, 6) is -0.181. The zero-order valence-corrected chi connectivity index (χ0v) is 12.4. The molecular formula is C17H15N5O. The molecule has 6 heteroatoms. The quantitative estimate of drug-likeness (QED) is 0.415. The average molecular weight is 305 g/mol. The molecule has 23 heavy (non-hydrogen) atoms. The molecule has 0 saturated carbocycles.